The van der Waals surface area contributed by atoms with Gasteiger partial charge in [0.25, 0.3) is 0 Å². The first-order chi connectivity index (χ1) is 11.0. The molecule has 2 rings (SSSR count). The van der Waals surface area contributed by atoms with Gasteiger partial charge in [0.05, 0.1) is 0 Å². The average molecular weight is 445 g/mol. The van der Waals surface area contributed by atoms with Gasteiger partial charge in [0, 0.05) is 0 Å². The Bertz CT molecular complexity index is 721. The Kier molecular flexibility index (Phi) is 6.82. The van der Waals surface area contributed by atoms with E-state index in [9.17, 15) is 4.39 Å². The monoisotopic (exact) mass is 445 g/mol. The number of anilines is 1. The minimum absolute atomic E-state index is 0.314. The summed E-state index contributed by atoms with van der Waals surface area (Å²) in [4.78, 5) is 0. The van der Waals surface area contributed by atoms with Crippen LogP contribution in [-0.2, 0) is 20.1 Å². The third-order valence-corrected chi connectivity index (χ3v) is 5.01. The second kappa shape index (κ2) is 8.63. The third-order valence-electron chi connectivity index (χ3n) is 3.17. The normalized spacial score (nSPS) is 10.9. The van der Waals surface area contributed by atoms with E-state index in [2.05, 4.69) is 5.32 Å². The van der Waals surface area contributed by atoms with Crippen molar-refractivity contribution in [1.82, 2.24) is 0 Å². The molecule has 0 aliphatic carbocycles. The summed E-state index contributed by atoms with van der Waals surface area (Å²) in [7, 11) is 15.0. The van der Waals surface area contributed by atoms with Crippen molar-refractivity contribution in [2.45, 2.75) is 6.54 Å². The van der Waals surface area contributed by atoms with Crippen LogP contribution >= 0.6 is 19.4 Å². The van der Waals surface area contributed by atoms with Crippen LogP contribution in [0, 0.1) is 5.82 Å². The molecule has 0 fully saturated rings. The molecule has 0 unspecified atom stereocenters. The first kappa shape index (κ1) is 18.2. The molecule has 126 valence electrons. The quantitative estimate of drug-likeness (QED) is 0.663. The van der Waals surface area contributed by atoms with Crippen molar-refractivity contribution >= 4 is 29.7 Å². The molecule has 1 N–H and O–H groups in total. The fourth-order valence-electron chi connectivity index (χ4n) is 2.04. The number of hydrogen-bond donors (Lipinski definition) is 1. The zero-order valence-electron chi connectivity index (χ0n) is 12.6. The van der Waals surface area contributed by atoms with Gasteiger partial charge in [-0.05, 0) is 0 Å². The Balaban J connectivity index is 2.23. The van der Waals surface area contributed by atoms with E-state index >= 15 is 0 Å². The van der Waals surface area contributed by atoms with Crippen molar-refractivity contribution < 1.29 is 27.4 Å². The SMILES string of the molecule is COc1ccc(NCc2ccc(F)cc2[CH]=[Ru]([Cl])[Cl])c(OC)c1. The number of ether oxygens (including phenoxy) is 2. The van der Waals surface area contributed by atoms with E-state index in [1.165, 1.54) is 12.1 Å². The van der Waals surface area contributed by atoms with Crippen LogP contribution in [0.2, 0.25) is 0 Å². The molecule has 0 heterocycles. The summed E-state index contributed by atoms with van der Waals surface area (Å²) in [5.74, 6) is 1.06. The number of rotatable bonds is 6. The maximum absolute atomic E-state index is 13.4. The van der Waals surface area contributed by atoms with Gasteiger partial charge in [-0.2, -0.15) is 0 Å². The second-order valence-corrected chi connectivity index (χ2v) is 10.3. The van der Waals surface area contributed by atoms with E-state index in [-0.39, 0.29) is 5.82 Å². The van der Waals surface area contributed by atoms with E-state index in [4.69, 9.17) is 28.9 Å². The van der Waals surface area contributed by atoms with Crippen LogP contribution in [0.4, 0.5) is 10.1 Å². The predicted molar refractivity (Wildman–Crippen MR) is 90.1 cm³/mol. The Labute approximate surface area is 147 Å². The van der Waals surface area contributed by atoms with Crippen molar-refractivity contribution in [1.29, 1.82) is 0 Å². The van der Waals surface area contributed by atoms with Gasteiger partial charge in [-0.1, -0.05) is 0 Å². The molecule has 2 aromatic rings. The van der Waals surface area contributed by atoms with Crippen LogP contribution < -0.4 is 14.8 Å². The summed E-state index contributed by atoms with van der Waals surface area (Å²) in [5.41, 5.74) is 2.44. The molecule has 0 aliphatic heterocycles. The Morgan fingerprint density at radius 2 is 1.91 bits per heavy atom. The topological polar surface area (TPSA) is 30.5 Å². The molecular weight excluding hydrogens is 429 g/mol. The van der Waals surface area contributed by atoms with Crippen LogP contribution in [0.15, 0.2) is 36.4 Å². The second-order valence-electron chi connectivity index (χ2n) is 4.57. The molecule has 0 saturated carbocycles. The van der Waals surface area contributed by atoms with E-state index in [0.717, 1.165) is 11.3 Å². The number of benzene rings is 2. The Morgan fingerprint density at radius 1 is 1.13 bits per heavy atom. The predicted octanol–water partition coefficient (Wildman–Crippen LogP) is 4.53. The minimum atomic E-state index is -2.03. The van der Waals surface area contributed by atoms with Crippen LogP contribution in [0.3, 0.4) is 0 Å². The van der Waals surface area contributed by atoms with E-state index < -0.39 is 13.5 Å². The number of halogens is 3. The van der Waals surface area contributed by atoms with E-state index in [1.807, 2.05) is 12.1 Å². The van der Waals surface area contributed by atoms with Crippen LogP contribution in [0.5, 0.6) is 11.5 Å². The van der Waals surface area contributed by atoms with Gasteiger partial charge >= 0.3 is 148 Å². The standard InChI is InChI=1S/C16H16FNO2.2ClH.Ru/c1-11-8-13(17)5-4-12(11)10-18-15-7-6-14(19-2)9-16(15)20-3;;;/h1,4-9,18H,10H2,2-3H3;2*1H;/q;;;+2/p-2. The molecule has 0 atom stereocenters. The molecule has 0 aliphatic rings. The van der Waals surface area contributed by atoms with Crippen molar-refractivity contribution in [3.05, 3.63) is 53.3 Å². The van der Waals surface area contributed by atoms with Crippen LogP contribution in [0.1, 0.15) is 11.1 Å². The van der Waals surface area contributed by atoms with Crippen LogP contribution in [-0.4, -0.2) is 18.8 Å². The summed E-state index contributed by atoms with van der Waals surface area (Å²) in [6.45, 7) is 0.490. The van der Waals surface area contributed by atoms with Crippen molar-refractivity contribution in [2.24, 2.45) is 0 Å². The zero-order chi connectivity index (χ0) is 16.8. The molecule has 23 heavy (non-hydrogen) atoms. The molecule has 0 spiro atoms. The van der Waals surface area contributed by atoms with Gasteiger partial charge in [0.15, 0.2) is 0 Å². The van der Waals surface area contributed by atoms with Crippen molar-refractivity contribution in [3.8, 4) is 11.5 Å². The number of methoxy groups -OCH3 is 2. The van der Waals surface area contributed by atoms with Gasteiger partial charge in [0.1, 0.15) is 0 Å². The first-order valence-electron chi connectivity index (χ1n) is 6.61. The number of hydrogen-bond acceptors (Lipinski definition) is 3. The van der Waals surface area contributed by atoms with E-state index in [0.29, 0.717) is 23.6 Å². The summed E-state index contributed by atoms with van der Waals surface area (Å²) >= 11 is -2.03. The van der Waals surface area contributed by atoms with Crippen LogP contribution in [0.25, 0.3) is 0 Å². The summed E-state index contributed by atoms with van der Waals surface area (Å²) in [5, 5.41) is 3.27. The van der Waals surface area contributed by atoms with Gasteiger partial charge in [-0.15, -0.1) is 0 Å². The molecule has 0 saturated heterocycles. The summed E-state index contributed by atoms with van der Waals surface area (Å²) in [6.07, 6.45) is 0. The third kappa shape index (κ3) is 5.17. The first-order valence-corrected chi connectivity index (χ1v) is 12.1. The molecule has 3 nitrogen and oxygen atoms in total. The molecule has 0 radical (unpaired) electrons. The molecule has 0 aromatic heterocycles. The van der Waals surface area contributed by atoms with Gasteiger partial charge in [0.2, 0.25) is 0 Å². The van der Waals surface area contributed by atoms with Crippen molar-refractivity contribution in [2.75, 3.05) is 19.5 Å². The van der Waals surface area contributed by atoms with Gasteiger partial charge in [-0.25, -0.2) is 0 Å². The maximum atomic E-state index is 13.4. The zero-order valence-corrected chi connectivity index (χ0v) is 15.8. The fourth-order valence-corrected chi connectivity index (χ4v) is 3.90. The van der Waals surface area contributed by atoms with Gasteiger partial charge in [-0.3, -0.25) is 0 Å². The summed E-state index contributed by atoms with van der Waals surface area (Å²) < 4.78 is 25.7. The molecule has 0 amide bonds. The molecular formula is C16H16Cl2FNO2Ru. The molecule has 2 aromatic carbocycles. The average Bonchev–Trinajstić information content (AvgIpc) is 2.53. The summed E-state index contributed by atoms with van der Waals surface area (Å²) in [6, 6.07) is 10.1. The van der Waals surface area contributed by atoms with Crippen molar-refractivity contribution in [3.63, 3.8) is 0 Å². The Morgan fingerprint density at radius 3 is 2.57 bits per heavy atom. The Hall–Kier alpha value is -1.16. The van der Waals surface area contributed by atoms with E-state index in [1.54, 1.807) is 31.0 Å². The fraction of sp³-hybridized carbons (Fsp3) is 0.188. The number of nitrogens with one attached hydrogen (secondary N) is 1. The van der Waals surface area contributed by atoms with Gasteiger partial charge < -0.3 is 0 Å². The molecule has 7 heteroatoms. The molecule has 0 bridgehead atoms.